The Labute approximate surface area is 171 Å². The van der Waals surface area contributed by atoms with Crippen LogP contribution in [0.5, 0.6) is 0 Å². The summed E-state index contributed by atoms with van der Waals surface area (Å²) in [6.07, 6.45) is 0.0700. The quantitative estimate of drug-likeness (QED) is 0.586. The van der Waals surface area contributed by atoms with E-state index in [1.807, 2.05) is 24.3 Å². The molecule has 1 amide bonds. The second-order valence-electron chi connectivity index (χ2n) is 6.71. The highest BCUT2D eigenvalue weighted by molar-refractivity contribution is 6.33. The third-order valence-corrected chi connectivity index (χ3v) is 5.45. The number of hydrogen-bond acceptors (Lipinski definition) is 5. The monoisotopic (exact) mass is 420 g/mol. The van der Waals surface area contributed by atoms with Crippen LogP contribution in [0.2, 0.25) is 10.0 Å². The molecule has 2 aromatic carbocycles. The molecule has 3 aromatic rings. The van der Waals surface area contributed by atoms with E-state index in [2.05, 4.69) is 15.5 Å². The van der Waals surface area contributed by atoms with E-state index in [0.29, 0.717) is 47.4 Å². The van der Waals surface area contributed by atoms with Gasteiger partial charge >= 0.3 is 6.09 Å². The number of aromatic nitrogens is 2. The van der Waals surface area contributed by atoms with Gasteiger partial charge in [0.05, 0.1) is 11.1 Å². The third-order valence-electron chi connectivity index (χ3n) is 4.88. The zero-order chi connectivity index (χ0) is 19.7. The molecule has 0 unspecified atom stereocenters. The molecule has 0 spiro atoms. The van der Waals surface area contributed by atoms with Crippen molar-refractivity contribution in [1.29, 1.82) is 0 Å². The summed E-state index contributed by atoms with van der Waals surface area (Å²) < 4.78 is 0. The fraction of sp³-hybridized carbons (Fsp3) is 0.263. The van der Waals surface area contributed by atoms with Crippen molar-refractivity contribution in [2.75, 3.05) is 18.4 Å². The number of nitrogens with one attached hydrogen (secondary N) is 2. The van der Waals surface area contributed by atoms with Crippen molar-refractivity contribution in [3.63, 3.8) is 0 Å². The number of piperidine rings is 1. The van der Waals surface area contributed by atoms with Gasteiger partial charge in [-0.1, -0.05) is 35.3 Å². The molecule has 3 N–H and O–H groups in total. The van der Waals surface area contributed by atoms with Gasteiger partial charge in [0.25, 0.3) is 0 Å². The zero-order valence-electron chi connectivity index (χ0n) is 14.8. The van der Waals surface area contributed by atoms with Crippen molar-refractivity contribution in [2.24, 2.45) is 0 Å². The summed E-state index contributed by atoms with van der Waals surface area (Å²) in [5.41, 5.74) is 0.296. The summed E-state index contributed by atoms with van der Waals surface area (Å²) in [6.45, 7) is 0.710. The number of nitrogens with zero attached hydrogens (tertiary/aromatic N) is 2. The highest BCUT2D eigenvalue weighted by atomic mass is 35.5. The number of para-hydroxylation sites is 1. The molecule has 28 heavy (non-hydrogen) atoms. The minimum Gasteiger partial charge on any atom is -0.385 e. The van der Waals surface area contributed by atoms with Crippen molar-refractivity contribution in [1.82, 2.24) is 15.3 Å². The van der Waals surface area contributed by atoms with Gasteiger partial charge in [0.15, 0.2) is 5.82 Å². The minimum atomic E-state index is -1.11. The lowest BCUT2D eigenvalue weighted by atomic mass is 9.85. The van der Waals surface area contributed by atoms with E-state index < -0.39 is 11.7 Å². The molecule has 1 fully saturated rings. The number of aliphatic hydroxyl groups is 1. The number of halogens is 2. The van der Waals surface area contributed by atoms with E-state index in [1.54, 1.807) is 18.2 Å². The van der Waals surface area contributed by atoms with Gasteiger partial charge in [-0.05, 0) is 43.2 Å². The number of hydrogen-bond donors (Lipinski definition) is 3. The van der Waals surface area contributed by atoms with Gasteiger partial charge in [-0.15, -0.1) is 5.06 Å². The lowest BCUT2D eigenvalue weighted by molar-refractivity contribution is -0.148. The van der Waals surface area contributed by atoms with Crippen LogP contribution in [0.15, 0.2) is 42.5 Å². The molecule has 146 valence electrons. The molecule has 7 nitrogen and oxygen atoms in total. The molecule has 0 saturated carbocycles. The third kappa shape index (κ3) is 3.79. The Hall–Kier alpha value is -2.32. The summed E-state index contributed by atoms with van der Waals surface area (Å²) in [7, 11) is 0. The van der Waals surface area contributed by atoms with Crippen LogP contribution in [0.3, 0.4) is 0 Å². The van der Waals surface area contributed by atoms with Gasteiger partial charge < -0.3 is 9.94 Å². The molecule has 1 aliphatic heterocycles. The van der Waals surface area contributed by atoms with Crippen LogP contribution in [0.25, 0.3) is 10.9 Å². The Balaban J connectivity index is 1.37. The van der Waals surface area contributed by atoms with Crippen LogP contribution in [0.1, 0.15) is 18.4 Å². The molecular formula is C19H18Cl2N4O3. The van der Waals surface area contributed by atoms with Gasteiger partial charge in [-0.3, -0.25) is 10.4 Å². The van der Waals surface area contributed by atoms with Crippen LogP contribution < -0.4 is 5.32 Å². The zero-order valence-corrected chi connectivity index (χ0v) is 16.3. The summed E-state index contributed by atoms with van der Waals surface area (Å²) >= 11 is 12.3. The van der Waals surface area contributed by atoms with Crippen molar-refractivity contribution in [2.45, 2.75) is 18.4 Å². The molecule has 0 aliphatic carbocycles. The number of fused-ring (bicyclic) bond motifs is 1. The molecule has 9 heteroatoms. The van der Waals surface area contributed by atoms with E-state index in [1.165, 1.54) is 5.06 Å². The number of hydroxylamine groups is 2. The topological polar surface area (TPSA) is 90.5 Å². The first-order chi connectivity index (χ1) is 13.4. The SMILES string of the molecule is O=C(Nc1n[nH]c2ccccc12)ON1CCC(O)(c2cc(Cl)ccc2Cl)CC1. The standard InChI is InChI=1S/C19H18Cl2N4O3/c20-12-5-6-15(21)14(11-12)19(27)7-9-25(10-8-19)28-18(26)22-17-13-3-1-2-4-16(13)23-24-17/h1-6,11,27H,7-10H2,(H2,22,23,24,26). The second-order valence-corrected chi connectivity index (χ2v) is 7.55. The predicted octanol–water partition coefficient (Wildman–Crippen LogP) is 4.32. The van der Waals surface area contributed by atoms with Crippen LogP contribution in [-0.4, -0.2) is 39.5 Å². The molecule has 1 saturated heterocycles. The van der Waals surface area contributed by atoms with E-state index in [4.69, 9.17) is 28.0 Å². The van der Waals surface area contributed by atoms with Gasteiger partial charge in [0.2, 0.25) is 0 Å². The maximum absolute atomic E-state index is 12.2. The number of aromatic amines is 1. The summed E-state index contributed by atoms with van der Waals surface area (Å²) in [5, 5.41) is 23.8. The smallest absolute Gasteiger partial charge is 0.385 e. The average Bonchev–Trinajstić information content (AvgIpc) is 3.08. The molecule has 4 rings (SSSR count). The Kier molecular flexibility index (Phi) is 5.16. The Morgan fingerprint density at radius 3 is 2.75 bits per heavy atom. The number of H-pyrrole nitrogens is 1. The van der Waals surface area contributed by atoms with Crippen LogP contribution in [0.4, 0.5) is 10.6 Å². The van der Waals surface area contributed by atoms with Gasteiger partial charge in [0.1, 0.15) is 0 Å². The predicted molar refractivity (Wildman–Crippen MR) is 107 cm³/mol. The van der Waals surface area contributed by atoms with Gasteiger partial charge in [-0.25, -0.2) is 4.79 Å². The Morgan fingerprint density at radius 1 is 1.21 bits per heavy atom. The highest BCUT2D eigenvalue weighted by Crippen LogP contribution is 2.38. The first-order valence-corrected chi connectivity index (χ1v) is 9.55. The van der Waals surface area contributed by atoms with E-state index in [9.17, 15) is 9.90 Å². The fourth-order valence-corrected chi connectivity index (χ4v) is 3.83. The van der Waals surface area contributed by atoms with Crippen LogP contribution in [-0.2, 0) is 10.4 Å². The molecule has 0 atom stereocenters. The molecule has 1 aliphatic rings. The lowest BCUT2D eigenvalue weighted by Gasteiger charge is -2.37. The average molecular weight is 421 g/mol. The number of benzene rings is 2. The first kappa shape index (κ1) is 19.0. The number of amides is 1. The highest BCUT2D eigenvalue weighted by Gasteiger charge is 2.37. The van der Waals surface area contributed by atoms with Gasteiger partial charge in [0, 0.05) is 34.1 Å². The number of anilines is 1. The van der Waals surface area contributed by atoms with E-state index in [-0.39, 0.29) is 0 Å². The minimum absolute atomic E-state index is 0.353. The molecular weight excluding hydrogens is 403 g/mol. The number of carbonyl (C=O) groups is 1. The molecule has 1 aromatic heterocycles. The van der Waals surface area contributed by atoms with Gasteiger partial charge in [-0.2, -0.15) is 5.10 Å². The molecule has 2 heterocycles. The van der Waals surface area contributed by atoms with Crippen LogP contribution in [0, 0.1) is 0 Å². The Morgan fingerprint density at radius 2 is 1.96 bits per heavy atom. The molecule has 0 bridgehead atoms. The fourth-order valence-electron chi connectivity index (χ4n) is 3.37. The normalized spacial score (nSPS) is 16.8. The summed E-state index contributed by atoms with van der Waals surface area (Å²) in [4.78, 5) is 17.6. The second kappa shape index (κ2) is 7.60. The maximum atomic E-state index is 12.2. The maximum Gasteiger partial charge on any atom is 0.432 e. The summed E-state index contributed by atoms with van der Waals surface area (Å²) in [6, 6.07) is 12.5. The lowest BCUT2D eigenvalue weighted by Crippen LogP contribution is -2.44. The van der Waals surface area contributed by atoms with E-state index >= 15 is 0 Å². The van der Waals surface area contributed by atoms with Crippen molar-refractivity contribution in [3.05, 3.63) is 58.1 Å². The first-order valence-electron chi connectivity index (χ1n) is 8.79. The Bertz CT molecular complexity index is 1020. The number of rotatable bonds is 3. The largest absolute Gasteiger partial charge is 0.432 e. The van der Waals surface area contributed by atoms with Crippen LogP contribution >= 0.6 is 23.2 Å². The van der Waals surface area contributed by atoms with E-state index in [0.717, 1.165) is 10.9 Å². The number of carbonyl (C=O) groups excluding carboxylic acids is 1. The van der Waals surface area contributed by atoms with Crippen molar-refractivity contribution in [3.8, 4) is 0 Å². The summed E-state index contributed by atoms with van der Waals surface area (Å²) in [5.74, 6) is 0.403. The van der Waals surface area contributed by atoms with Crippen molar-refractivity contribution >= 4 is 46.0 Å². The molecule has 0 radical (unpaired) electrons. The van der Waals surface area contributed by atoms with Crippen molar-refractivity contribution < 1.29 is 14.7 Å².